The molecule has 12 nitrogen and oxygen atoms in total. The Morgan fingerprint density at radius 2 is 1.88 bits per heavy atom. The highest BCUT2D eigenvalue weighted by molar-refractivity contribution is 7.89. The fraction of sp³-hybridized carbons (Fsp3) is 0.800. The number of aliphatic hydroxyl groups excluding tert-OH is 4. The molecule has 0 amide bonds. The van der Waals surface area contributed by atoms with E-state index in [4.69, 9.17) is 15.0 Å². The molecule has 2 aliphatic heterocycles. The van der Waals surface area contributed by atoms with E-state index in [9.17, 15) is 32.2 Å². The molecule has 0 spiro atoms. The maximum Gasteiger partial charge on any atom is 0.333 e. The Bertz CT molecular complexity index is 718. The van der Waals surface area contributed by atoms with Gasteiger partial charge in [0.2, 0.25) is 15.5 Å². The highest BCUT2D eigenvalue weighted by atomic mass is 32.2. The van der Waals surface area contributed by atoms with Gasteiger partial charge in [-0.25, -0.2) is 13.6 Å². The quantitative estimate of drug-likeness (QED) is 0.323. The molecule has 0 aliphatic carbocycles. The largest absolute Gasteiger partial charge is 0.506 e. The van der Waals surface area contributed by atoms with E-state index in [-0.39, 0.29) is 19.5 Å². The van der Waals surface area contributed by atoms with Crippen molar-refractivity contribution in [2.24, 2.45) is 5.14 Å². The Morgan fingerprint density at radius 3 is 2.42 bits per heavy atom. The second kappa shape index (κ2) is 6.72. The van der Waals surface area contributed by atoms with Crippen LogP contribution in [0, 0.1) is 0 Å². The van der Waals surface area contributed by atoms with Crippen LogP contribution >= 0.6 is 0 Å². The third-order valence-corrected chi connectivity index (χ3v) is 6.07. The van der Waals surface area contributed by atoms with E-state index in [2.05, 4.69) is 4.18 Å². The molecule has 2 heterocycles. The molecule has 0 aromatic heterocycles. The first kappa shape index (κ1) is 19.3. The van der Waals surface area contributed by atoms with Crippen molar-refractivity contribution < 1.29 is 46.2 Å². The van der Waals surface area contributed by atoms with Crippen molar-refractivity contribution in [1.29, 1.82) is 0 Å². The lowest BCUT2D eigenvalue weighted by atomic mass is 10.1. The van der Waals surface area contributed by atoms with Crippen molar-refractivity contribution in [3.8, 4) is 0 Å². The van der Waals surface area contributed by atoms with Crippen molar-refractivity contribution in [3.63, 3.8) is 0 Å². The first-order valence-corrected chi connectivity index (χ1v) is 9.71. The van der Waals surface area contributed by atoms with Gasteiger partial charge in [-0.05, 0) is 6.42 Å². The van der Waals surface area contributed by atoms with Gasteiger partial charge < -0.3 is 25.2 Å². The Hall–Kier alpha value is -1.00. The second-order valence-electron chi connectivity index (χ2n) is 5.31. The molecule has 6 N–H and O–H groups in total. The van der Waals surface area contributed by atoms with E-state index in [1.807, 2.05) is 0 Å². The number of nitrogens with zero attached hydrogens (tertiary/aromatic N) is 1. The molecule has 0 saturated carbocycles. The lowest BCUT2D eigenvalue weighted by molar-refractivity contribution is -0.0953. The molecule has 1 saturated heterocycles. The molecule has 14 heteroatoms. The Kier molecular flexibility index (Phi) is 5.41. The summed E-state index contributed by atoms with van der Waals surface area (Å²) >= 11 is 0. The highest BCUT2D eigenvalue weighted by Crippen LogP contribution is 2.30. The van der Waals surface area contributed by atoms with Crippen molar-refractivity contribution in [2.45, 2.75) is 30.2 Å². The van der Waals surface area contributed by atoms with Gasteiger partial charge in [-0.2, -0.15) is 12.7 Å². The molecular weight excluding hydrogens is 372 g/mol. The van der Waals surface area contributed by atoms with Gasteiger partial charge in [0.25, 0.3) is 0 Å². The van der Waals surface area contributed by atoms with Crippen LogP contribution in [0.5, 0.6) is 0 Å². The van der Waals surface area contributed by atoms with Gasteiger partial charge in [-0.1, -0.05) is 0 Å². The lowest BCUT2D eigenvalue weighted by Gasteiger charge is -2.33. The highest BCUT2D eigenvalue weighted by Gasteiger charge is 2.47. The lowest BCUT2D eigenvalue weighted by Crippen LogP contribution is -2.49. The number of sulfonamides is 1. The molecule has 24 heavy (non-hydrogen) atoms. The van der Waals surface area contributed by atoms with E-state index >= 15 is 0 Å². The fourth-order valence-corrected chi connectivity index (χ4v) is 4.66. The summed E-state index contributed by atoms with van der Waals surface area (Å²) in [5, 5.41) is 42.8. The molecule has 140 valence electrons. The second-order valence-corrected chi connectivity index (χ2v) is 8.46. The van der Waals surface area contributed by atoms with Crippen molar-refractivity contribution in [2.75, 3.05) is 19.7 Å². The minimum atomic E-state index is -4.39. The monoisotopic (exact) mass is 390 g/mol. The van der Waals surface area contributed by atoms with E-state index in [1.165, 1.54) is 0 Å². The molecule has 0 unspecified atom stereocenters. The van der Waals surface area contributed by atoms with Crippen LogP contribution in [0.4, 0.5) is 0 Å². The average Bonchev–Trinajstić information content (AvgIpc) is 2.92. The van der Waals surface area contributed by atoms with Crippen LogP contribution in [0.1, 0.15) is 6.42 Å². The Labute approximate surface area is 138 Å². The zero-order valence-electron chi connectivity index (χ0n) is 12.2. The summed E-state index contributed by atoms with van der Waals surface area (Å²) in [4.78, 5) is 0. The fourth-order valence-electron chi connectivity index (χ4n) is 2.43. The van der Waals surface area contributed by atoms with Crippen LogP contribution in [-0.4, -0.2) is 85.0 Å². The van der Waals surface area contributed by atoms with Crippen molar-refractivity contribution in [1.82, 2.24) is 4.31 Å². The molecule has 2 aliphatic rings. The maximum absolute atomic E-state index is 12.5. The standard InChI is InChI=1S/C10H18N2O10S2/c11-24(19,20)22-5-1-2-12(3-5)23(17,18)10-9(16)8(15)7(14)6(4-13)21-10/h5-7,10,13-16H,1-4H2,(H2,11,19,20)/t5-,6+,7-,10+/m1/s1. The number of aliphatic hydroxyl groups is 4. The van der Waals surface area contributed by atoms with Crippen LogP contribution in [0.25, 0.3) is 0 Å². The molecule has 0 aromatic carbocycles. The Balaban J connectivity index is 2.22. The van der Waals surface area contributed by atoms with Gasteiger partial charge in [-0.3, -0.25) is 4.18 Å². The van der Waals surface area contributed by atoms with Gasteiger partial charge >= 0.3 is 10.3 Å². The topological polar surface area (TPSA) is 197 Å². The Morgan fingerprint density at radius 1 is 1.25 bits per heavy atom. The predicted octanol–water partition coefficient (Wildman–Crippen LogP) is -2.98. The van der Waals surface area contributed by atoms with Gasteiger partial charge in [0.15, 0.2) is 11.5 Å². The summed E-state index contributed by atoms with van der Waals surface area (Å²) in [5.74, 6) is -2.13. The van der Waals surface area contributed by atoms with Gasteiger partial charge in [0, 0.05) is 13.1 Å². The van der Waals surface area contributed by atoms with Gasteiger partial charge in [-0.15, -0.1) is 0 Å². The molecule has 0 bridgehead atoms. The normalized spacial score (nSPS) is 33.1. The summed E-state index contributed by atoms with van der Waals surface area (Å²) < 4.78 is 57.1. The number of hydrogen-bond donors (Lipinski definition) is 5. The van der Waals surface area contributed by atoms with Gasteiger partial charge in [0.1, 0.15) is 12.2 Å². The molecule has 4 atom stereocenters. The zero-order chi connectivity index (χ0) is 18.3. The average molecular weight is 390 g/mol. The first-order valence-electron chi connectivity index (χ1n) is 6.73. The summed E-state index contributed by atoms with van der Waals surface area (Å²) in [7, 11) is -8.65. The number of hydrogen-bond acceptors (Lipinski definition) is 10. The number of ether oxygens (including phenoxy) is 1. The summed E-state index contributed by atoms with van der Waals surface area (Å²) in [6.45, 7) is -1.30. The smallest absolute Gasteiger partial charge is 0.333 e. The molecular formula is C10H18N2O10S2. The van der Waals surface area contributed by atoms with Crippen LogP contribution in [-0.2, 0) is 29.2 Å². The van der Waals surface area contributed by atoms with Crippen LogP contribution in [0.15, 0.2) is 11.5 Å². The van der Waals surface area contributed by atoms with Crippen molar-refractivity contribution >= 4 is 20.3 Å². The van der Waals surface area contributed by atoms with Crippen LogP contribution < -0.4 is 5.14 Å². The minimum Gasteiger partial charge on any atom is -0.506 e. The number of nitrogens with two attached hydrogens (primary N) is 1. The third kappa shape index (κ3) is 3.80. The summed E-state index contributed by atoms with van der Waals surface area (Å²) in [6.07, 6.45) is -4.21. The van der Waals surface area contributed by atoms with Crippen molar-refractivity contribution in [3.05, 3.63) is 11.5 Å². The van der Waals surface area contributed by atoms with E-state index < -0.39 is 62.2 Å². The van der Waals surface area contributed by atoms with E-state index in [0.29, 0.717) is 0 Å². The zero-order valence-corrected chi connectivity index (χ0v) is 13.9. The number of rotatable bonds is 5. The van der Waals surface area contributed by atoms with Crippen LogP contribution in [0.3, 0.4) is 0 Å². The summed E-state index contributed by atoms with van der Waals surface area (Å²) in [6, 6.07) is 0. The van der Waals surface area contributed by atoms with Gasteiger partial charge in [0.05, 0.1) is 12.7 Å². The molecule has 1 fully saturated rings. The molecule has 2 rings (SSSR count). The molecule has 0 radical (unpaired) electrons. The SMILES string of the molecule is NS(=O)(=O)O[C@@H]1CCN(S(=O)(=O)[C@@H]2O[C@@H](CO)[C@@H](O)C(O)=C2O)C1. The first-order chi connectivity index (χ1) is 11.0. The van der Waals surface area contributed by atoms with E-state index in [1.54, 1.807) is 0 Å². The molecule has 0 aromatic rings. The third-order valence-electron chi connectivity index (χ3n) is 3.60. The van der Waals surface area contributed by atoms with E-state index in [0.717, 1.165) is 4.31 Å². The predicted molar refractivity (Wildman–Crippen MR) is 77.1 cm³/mol. The van der Waals surface area contributed by atoms with Crippen LogP contribution in [0.2, 0.25) is 0 Å². The minimum absolute atomic E-state index is 0.0326. The maximum atomic E-state index is 12.5. The summed E-state index contributed by atoms with van der Waals surface area (Å²) in [5.41, 5.74) is -2.05.